The van der Waals surface area contributed by atoms with Crippen molar-refractivity contribution in [3.63, 3.8) is 0 Å². The van der Waals surface area contributed by atoms with Gasteiger partial charge in [-0.05, 0) is 54.1 Å². The number of ether oxygens (including phenoxy) is 1. The van der Waals surface area contributed by atoms with Crippen LogP contribution in [0.2, 0.25) is 0 Å². The van der Waals surface area contributed by atoms with Crippen LogP contribution in [0.15, 0.2) is 21.2 Å². The molecule has 0 radical (unpaired) electrons. The normalized spacial score (nSPS) is 26.4. The SMILES string of the molecule is CCOC1CC(CC(O)c2occc2Br)C1. The summed E-state index contributed by atoms with van der Waals surface area (Å²) in [5.74, 6) is 1.20. The van der Waals surface area contributed by atoms with Crippen molar-refractivity contribution in [1.29, 1.82) is 0 Å². The molecule has 0 bridgehead atoms. The number of rotatable bonds is 5. The van der Waals surface area contributed by atoms with Gasteiger partial charge >= 0.3 is 0 Å². The number of halogens is 1. The van der Waals surface area contributed by atoms with Gasteiger partial charge in [0.25, 0.3) is 0 Å². The molecule has 1 atom stereocenters. The first-order valence-corrected chi connectivity index (χ1v) is 6.52. The number of furan rings is 1. The van der Waals surface area contributed by atoms with Crippen molar-refractivity contribution in [3.05, 3.63) is 22.6 Å². The monoisotopic (exact) mass is 288 g/mol. The molecular formula is C12H17BrO3. The minimum Gasteiger partial charge on any atom is -0.465 e. The van der Waals surface area contributed by atoms with Crippen molar-refractivity contribution < 1.29 is 14.3 Å². The average molecular weight is 289 g/mol. The highest BCUT2D eigenvalue weighted by Crippen LogP contribution is 2.38. The smallest absolute Gasteiger partial charge is 0.146 e. The van der Waals surface area contributed by atoms with Crippen LogP contribution in [0.5, 0.6) is 0 Å². The molecule has 1 aliphatic rings. The predicted molar refractivity (Wildman–Crippen MR) is 64.1 cm³/mol. The Kier molecular flexibility index (Phi) is 4.05. The van der Waals surface area contributed by atoms with E-state index in [9.17, 15) is 5.11 Å². The Morgan fingerprint density at radius 1 is 1.62 bits per heavy atom. The van der Waals surface area contributed by atoms with Crippen LogP contribution in [0, 0.1) is 5.92 Å². The van der Waals surface area contributed by atoms with Crippen molar-refractivity contribution in [3.8, 4) is 0 Å². The Morgan fingerprint density at radius 2 is 2.38 bits per heavy atom. The first kappa shape index (κ1) is 12.1. The molecule has 0 aliphatic heterocycles. The van der Waals surface area contributed by atoms with Gasteiger partial charge in [-0.2, -0.15) is 0 Å². The first-order chi connectivity index (χ1) is 7.70. The van der Waals surface area contributed by atoms with Crippen LogP contribution in [0.25, 0.3) is 0 Å². The Labute approximate surface area is 104 Å². The van der Waals surface area contributed by atoms with Crippen LogP contribution in [0.3, 0.4) is 0 Å². The highest BCUT2D eigenvalue weighted by Gasteiger charge is 2.32. The highest BCUT2D eigenvalue weighted by molar-refractivity contribution is 9.10. The zero-order valence-corrected chi connectivity index (χ0v) is 10.9. The first-order valence-electron chi connectivity index (χ1n) is 5.73. The van der Waals surface area contributed by atoms with Gasteiger partial charge in [-0.1, -0.05) is 0 Å². The van der Waals surface area contributed by atoms with Gasteiger partial charge in [-0.15, -0.1) is 0 Å². The molecule has 3 nitrogen and oxygen atoms in total. The molecule has 0 amide bonds. The van der Waals surface area contributed by atoms with E-state index in [0.29, 0.717) is 17.8 Å². The minimum absolute atomic E-state index is 0.405. The third kappa shape index (κ3) is 2.67. The minimum atomic E-state index is -0.503. The lowest BCUT2D eigenvalue weighted by Crippen LogP contribution is -2.32. The van der Waals surface area contributed by atoms with E-state index in [1.54, 1.807) is 6.26 Å². The van der Waals surface area contributed by atoms with E-state index in [4.69, 9.17) is 9.15 Å². The zero-order chi connectivity index (χ0) is 11.5. The molecule has 0 saturated heterocycles. The lowest BCUT2D eigenvalue weighted by molar-refractivity contribution is -0.0398. The summed E-state index contributed by atoms with van der Waals surface area (Å²) in [4.78, 5) is 0. The van der Waals surface area contributed by atoms with E-state index in [0.717, 1.165) is 30.3 Å². The highest BCUT2D eigenvalue weighted by atomic mass is 79.9. The van der Waals surface area contributed by atoms with E-state index in [-0.39, 0.29) is 0 Å². The van der Waals surface area contributed by atoms with Crippen LogP contribution in [0.1, 0.15) is 38.1 Å². The molecule has 1 fully saturated rings. The quantitative estimate of drug-likeness (QED) is 0.904. The number of aliphatic hydroxyl groups is 1. The maximum atomic E-state index is 9.98. The number of hydrogen-bond acceptors (Lipinski definition) is 3. The van der Waals surface area contributed by atoms with Gasteiger partial charge in [0.1, 0.15) is 11.9 Å². The van der Waals surface area contributed by atoms with Crippen LogP contribution in [-0.2, 0) is 4.74 Å². The molecule has 1 aromatic rings. The second-order valence-electron chi connectivity index (χ2n) is 4.30. The summed E-state index contributed by atoms with van der Waals surface area (Å²) < 4.78 is 11.6. The molecule has 4 heteroatoms. The second kappa shape index (κ2) is 5.34. The summed E-state index contributed by atoms with van der Waals surface area (Å²) in [6.45, 7) is 2.80. The summed E-state index contributed by atoms with van der Waals surface area (Å²) in [6.07, 6.45) is 4.37. The number of aliphatic hydroxyl groups excluding tert-OH is 1. The Hall–Kier alpha value is -0.320. The number of hydrogen-bond donors (Lipinski definition) is 1. The topological polar surface area (TPSA) is 42.6 Å². The molecule has 0 spiro atoms. The summed E-state index contributed by atoms with van der Waals surface area (Å²) >= 11 is 3.36. The third-order valence-corrected chi connectivity index (χ3v) is 3.75. The van der Waals surface area contributed by atoms with Gasteiger partial charge in [-0.25, -0.2) is 0 Å². The summed E-state index contributed by atoms with van der Waals surface area (Å²) in [5.41, 5.74) is 0. The van der Waals surface area contributed by atoms with Crippen LogP contribution in [0.4, 0.5) is 0 Å². The predicted octanol–water partition coefficient (Wildman–Crippen LogP) is 3.28. The van der Waals surface area contributed by atoms with Gasteiger partial charge in [0.2, 0.25) is 0 Å². The van der Waals surface area contributed by atoms with Gasteiger partial charge < -0.3 is 14.3 Å². The zero-order valence-electron chi connectivity index (χ0n) is 9.36. The van der Waals surface area contributed by atoms with Crippen molar-refractivity contribution in [2.45, 2.75) is 38.4 Å². The fraction of sp³-hybridized carbons (Fsp3) is 0.667. The Balaban J connectivity index is 1.77. The fourth-order valence-corrected chi connectivity index (χ4v) is 2.67. The van der Waals surface area contributed by atoms with Gasteiger partial charge in [0.05, 0.1) is 16.8 Å². The molecule has 1 N–H and O–H groups in total. The molecule has 1 aromatic heterocycles. The standard InChI is InChI=1S/C12H17BrO3/c1-2-15-9-5-8(6-9)7-11(14)12-10(13)3-4-16-12/h3-4,8-9,11,14H,2,5-7H2,1H3. The molecule has 90 valence electrons. The van der Waals surface area contributed by atoms with Gasteiger partial charge in [-0.3, -0.25) is 0 Å². The largest absolute Gasteiger partial charge is 0.465 e. The maximum absolute atomic E-state index is 9.98. The lowest BCUT2D eigenvalue weighted by atomic mass is 9.78. The van der Waals surface area contributed by atoms with E-state index < -0.39 is 6.10 Å². The van der Waals surface area contributed by atoms with Crippen LogP contribution in [-0.4, -0.2) is 17.8 Å². The molecule has 0 aromatic carbocycles. The molecule has 1 aliphatic carbocycles. The van der Waals surface area contributed by atoms with Crippen LogP contribution >= 0.6 is 15.9 Å². The van der Waals surface area contributed by atoms with Crippen LogP contribution < -0.4 is 0 Å². The van der Waals surface area contributed by atoms with E-state index in [1.807, 2.05) is 13.0 Å². The van der Waals surface area contributed by atoms with E-state index in [1.165, 1.54) is 0 Å². The molecular weight excluding hydrogens is 272 g/mol. The fourth-order valence-electron chi connectivity index (χ4n) is 2.20. The second-order valence-corrected chi connectivity index (χ2v) is 5.15. The van der Waals surface area contributed by atoms with Gasteiger partial charge in [0, 0.05) is 6.61 Å². The maximum Gasteiger partial charge on any atom is 0.146 e. The third-order valence-electron chi connectivity index (χ3n) is 3.10. The molecule has 2 rings (SSSR count). The summed E-state index contributed by atoms with van der Waals surface area (Å²) in [5, 5.41) is 9.98. The average Bonchev–Trinajstić information content (AvgIpc) is 2.61. The van der Waals surface area contributed by atoms with Crippen molar-refractivity contribution in [2.75, 3.05) is 6.61 Å². The van der Waals surface area contributed by atoms with Crippen molar-refractivity contribution in [1.82, 2.24) is 0 Å². The van der Waals surface area contributed by atoms with Crippen molar-refractivity contribution >= 4 is 15.9 Å². The molecule has 1 heterocycles. The lowest BCUT2D eigenvalue weighted by Gasteiger charge is -2.35. The summed E-state index contributed by atoms with van der Waals surface area (Å²) in [7, 11) is 0. The molecule has 1 unspecified atom stereocenters. The molecule has 1 saturated carbocycles. The van der Waals surface area contributed by atoms with E-state index >= 15 is 0 Å². The molecule has 16 heavy (non-hydrogen) atoms. The van der Waals surface area contributed by atoms with Crippen molar-refractivity contribution in [2.24, 2.45) is 5.92 Å². The Morgan fingerprint density at radius 3 is 2.94 bits per heavy atom. The Bertz CT molecular complexity index is 331. The van der Waals surface area contributed by atoms with Gasteiger partial charge in [0.15, 0.2) is 0 Å². The van der Waals surface area contributed by atoms with E-state index in [2.05, 4.69) is 15.9 Å². The summed E-state index contributed by atoms with van der Waals surface area (Å²) in [6, 6.07) is 1.81.